The topological polar surface area (TPSA) is 29.5 Å². The van der Waals surface area contributed by atoms with Gasteiger partial charge in [-0.15, -0.1) is 13.2 Å². The van der Waals surface area contributed by atoms with E-state index in [0.717, 1.165) is 12.8 Å². The predicted octanol–water partition coefficient (Wildman–Crippen LogP) is 4.29. The second-order valence-electron chi connectivity index (χ2n) is 4.93. The van der Waals surface area contributed by atoms with Crippen LogP contribution in [0, 0.1) is 0 Å². The number of hydrogen-bond acceptors (Lipinski definition) is 2. The summed E-state index contributed by atoms with van der Waals surface area (Å²) in [5, 5.41) is 9.84. The maximum Gasteiger partial charge on any atom is 0.573 e. The van der Waals surface area contributed by atoms with Crippen molar-refractivity contribution < 1.29 is 23.0 Å². The minimum atomic E-state index is -4.71. The van der Waals surface area contributed by atoms with Gasteiger partial charge in [-0.05, 0) is 36.8 Å². The van der Waals surface area contributed by atoms with Crippen molar-refractivity contribution in [3.05, 3.63) is 23.3 Å². The highest BCUT2D eigenvalue weighted by molar-refractivity contribution is 5.49. The lowest BCUT2D eigenvalue weighted by atomic mass is 9.98. The van der Waals surface area contributed by atoms with E-state index < -0.39 is 6.36 Å². The Kier molecular flexibility index (Phi) is 3.17. The van der Waals surface area contributed by atoms with Crippen molar-refractivity contribution in [2.24, 2.45) is 0 Å². The Hall–Kier alpha value is -1.39. The van der Waals surface area contributed by atoms with Crippen LogP contribution in [0.5, 0.6) is 11.5 Å². The zero-order chi connectivity index (χ0) is 13.5. The number of phenols is 1. The summed E-state index contributed by atoms with van der Waals surface area (Å²) in [6.07, 6.45) is -2.90. The first kappa shape index (κ1) is 13.1. The average molecular weight is 260 g/mol. The molecule has 0 aromatic heterocycles. The van der Waals surface area contributed by atoms with Gasteiger partial charge in [-0.3, -0.25) is 0 Å². The lowest BCUT2D eigenvalue weighted by Crippen LogP contribution is -2.18. The van der Waals surface area contributed by atoms with Gasteiger partial charge in [-0.2, -0.15) is 0 Å². The maximum atomic E-state index is 12.3. The van der Waals surface area contributed by atoms with Crippen molar-refractivity contribution in [1.82, 2.24) is 0 Å². The Labute approximate surface area is 103 Å². The molecule has 1 aliphatic carbocycles. The fraction of sp³-hybridized carbons (Fsp3) is 0.538. The van der Waals surface area contributed by atoms with Crippen molar-refractivity contribution in [3.8, 4) is 11.5 Å². The zero-order valence-corrected chi connectivity index (χ0v) is 10.2. The van der Waals surface area contributed by atoms with Crippen LogP contribution in [-0.4, -0.2) is 11.5 Å². The molecule has 0 aliphatic heterocycles. The second-order valence-corrected chi connectivity index (χ2v) is 4.93. The first-order chi connectivity index (χ1) is 8.28. The molecule has 2 rings (SSSR count). The molecule has 1 aromatic carbocycles. The molecule has 1 aromatic rings. The van der Waals surface area contributed by atoms with Gasteiger partial charge >= 0.3 is 6.36 Å². The smallest absolute Gasteiger partial charge is 0.508 e. The molecular weight excluding hydrogens is 245 g/mol. The van der Waals surface area contributed by atoms with E-state index in [1.54, 1.807) is 13.8 Å². The molecule has 100 valence electrons. The molecule has 0 spiro atoms. The lowest BCUT2D eigenvalue weighted by molar-refractivity contribution is -0.275. The van der Waals surface area contributed by atoms with Crippen molar-refractivity contribution in [3.63, 3.8) is 0 Å². The highest BCUT2D eigenvalue weighted by Crippen LogP contribution is 2.47. The van der Waals surface area contributed by atoms with Crippen LogP contribution in [0.25, 0.3) is 0 Å². The summed E-state index contributed by atoms with van der Waals surface area (Å²) < 4.78 is 41.1. The van der Waals surface area contributed by atoms with Crippen molar-refractivity contribution in [2.45, 2.75) is 44.9 Å². The maximum absolute atomic E-state index is 12.3. The number of rotatable bonds is 3. The molecule has 0 atom stereocenters. The summed E-state index contributed by atoms with van der Waals surface area (Å²) in [5.41, 5.74) is 0.924. The first-order valence-electron chi connectivity index (χ1n) is 5.90. The van der Waals surface area contributed by atoms with Gasteiger partial charge in [0.25, 0.3) is 0 Å². The van der Waals surface area contributed by atoms with E-state index in [-0.39, 0.29) is 23.3 Å². The summed E-state index contributed by atoms with van der Waals surface area (Å²) in [6.45, 7) is 3.52. The van der Waals surface area contributed by atoms with E-state index in [9.17, 15) is 18.3 Å². The summed E-state index contributed by atoms with van der Waals surface area (Å²) in [5.74, 6) is -0.115. The number of phenolic OH excluding ortho intramolecular Hbond substituents is 1. The number of ether oxygens (including phenoxy) is 1. The molecule has 1 aliphatic rings. The SMILES string of the molecule is CC(C)c1cc(O)c(C2CC2)cc1OC(F)(F)F. The molecule has 18 heavy (non-hydrogen) atoms. The molecule has 5 heteroatoms. The summed E-state index contributed by atoms with van der Waals surface area (Å²) >= 11 is 0. The minimum Gasteiger partial charge on any atom is -0.508 e. The van der Waals surface area contributed by atoms with Gasteiger partial charge in [-0.1, -0.05) is 13.8 Å². The van der Waals surface area contributed by atoms with E-state index in [2.05, 4.69) is 4.74 Å². The number of aromatic hydroxyl groups is 1. The van der Waals surface area contributed by atoms with Crippen LogP contribution in [0.2, 0.25) is 0 Å². The van der Waals surface area contributed by atoms with Gasteiger partial charge in [0.15, 0.2) is 0 Å². The van der Waals surface area contributed by atoms with Gasteiger partial charge in [0.1, 0.15) is 11.5 Å². The molecule has 0 bridgehead atoms. The quantitative estimate of drug-likeness (QED) is 0.878. The molecule has 1 fully saturated rings. The van der Waals surface area contributed by atoms with Crippen LogP contribution < -0.4 is 4.74 Å². The van der Waals surface area contributed by atoms with Crippen LogP contribution in [0.15, 0.2) is 12.1 Å². The normalized spacial score (nSPS) is 16.1. The third-order valence-corrected chi connectivity index (χ3v) is 3.02. The lowest BCUT2D eigenvalue weighted by Gasteiger charge is -2.17. The molecule has 0 radical (unpaired) electrons. The van der Waals surface area contributed by atoms with E-state index in [1.807, 2.05) is 0 Å². The highest BCUT2D eigenvalue weighted by atomic mass is 19.4. The third-order valence-electron chi connectivity index (χ3n) is 3.02. The summed E-state index contributed by atoms with van der Waals surface area (Å²) in [7, 11) is 0. The average Bonchev–Trinajstić information content (AvgIpc) is 3.01. The molecule has 0 heterocycles. The van der Waals surface area contributed by atoms with Gasteiger partial charge in [0.05, 0.1) is 0 Å². The Morgan fingerprint density at radius 1 is 1.28 bits per heavy atom. The van der Waals surface area contributed by atoms with Crippen LogP contribution in [0.3, 0.4) is 0 Å². The molecular formula is C13H15F3O2. The van der Waals surface area contributed by atoms with Gasteiger partial charge in [0, 0.05) is 11.1 Å². The second kappa shape index (κ2) is 4.37. The van der Waals surface area contributed by atoms with Crippen molar-refractivity contribution in [2.75, 3.05) is 0 Å². The third kappa shape index (κ3) is 2.89. The van der Waals surface area contributed by atoms with Crippen molar-refractivity contribution >= 4 is 0 Å². The van der Waals surface area contributed by atoms with Gasteiger partial charge in [-0.25, -0.2) is 0 Å². The summed E-state index contributed by atoms with van der Waals surface area (Å²) in [6, 6.07) is 2.72. The largest absolute Gasteiger partial charge is 0.573 e. The van der Waals surface area contributed by atoms with Crippen molar-refractivity contribution in [1.29, 1.82) is 0 Å². The Balaban J connectivity index is 2.42. The number of hydrogen-bond donors (Lipinski definition) is 1. The van der Waals surface area contributed by atoms with E-state index in [1.165, 1.54) is 12.1 Å². The minimum absolute atomic E-state index is 0.0655. The standard InChI is InChI=1S/C13H15F3O2/c1-7(2)9-5-11(17)10(8-3-4-8)6-12(9)18-13(14,15)16/h5-8,17H,3-4H2,1-2H3. The number of alkyl halides is 3. The molecule has 0 unspecified atom stereocenters. The Morgan fingerprint density at radius 3 is 2.33 bits per heavy atom. The zero-order valence-electron chi connectivity index (χ0n) is 10.2. The first-order valence-corrected chi connectivity index (χ1v) is 5.90. The van der Waals surface area contributed by atoms with Crippen LogP contribution >= 0.6 is 0 Å². The number of halogens is 3. The van der Waals surface area contributed by atoms with Crippen LogP contribution in [-0.2, 0) is 0 Å². The molecule has 1 saturated carbocycles. The predicted molar refractivity (Wildman–Crippen MR) is 60.9 cm³/mol. The monoisotopic (exact) mass is 260 g/mol. The Bertz CT molecular complexity index is 448. The fourth-order valence-electron chi connectivity index (χ4n) is 1.99. The molecule has 0 amide bonds. The van der Waals surface area contributed by atoms with E-state index >= 15 is 0 Å². The van der Waals surface area contributed by atoms with Gasteiger partial charge in [0.2, 0.25) is 0 Å². The summed E-state index contributed by atoms with van der Waals surface area (Å²) in [4.78, 5) is 0. The molecule has 0 saturated heterocycles. The van der Waals surface area contributed by atoms with Crippen LogP contribution in [0.1, 0.15) is 49.7 Å². The van der Waals surface area contributed by atoms with Gasteiger partial charge < -0.3 is 9.84 Å². The van der Waals surface area contributed by atoms with E-state index in [0.29, 0.717) is 11.1 Å². The molecule has 1 N–H and O–H groups in total. The highest BCUT2D eigenvalue weighted by Gasteiger charge is 2.34. The fourth-order valence-corrected chi connectivity index (χ4v) is 1.99. The van der Waals surface area contributed by atoms with Crippen LogP contribution in [0.4, 0.5) is 13.2 Å². The molecule has 2 nitrogen and oxygen atoms in total. The van der Waals surface area contributed by atoms with E-state index in [4.69, 9.17) is 0 Å². The Morgan fingerprint density at radius 2 is 1.89 bits per heavy atom. The number of benzene rings is 1.